The standard InChI is InChI=1S/C18H14Cl2N2O2/c1-9-6-14(17-12(19)3-5-15(23)18(17)20)22-13-4-2-10(7-11(9)13)8-16(21)24/h2-7,23H,8H2,1H3,(H2,21,24). The Morgan fingerprint density at radius 1 is 1.21 bits per heavy atom. The fraction of sp³-hybridized carbons (Fsp3) is 0.111. The molecule has 3 N–H and O–H groups in total. The van der Waals surface area contributed by atoms with E-state index in [0.717, 1.165) is 22.0 Å². The summed E-state index contributed by atoms with van der Waals surface area (Å²) < 4.78 is 0. The van der Waals surface area contributed by atoms with Crippen LogP contribution in [0.2, 0.25) is 10.0 Å². The first-order valence-corrected chi connectivity index (χ1v) is 7.98. The number of hydrogen-bond donors (Lipinski definition) is 2. The summed E-state index contributed by atoms with van der Waals surface area (Å²) in [6.07, 6.45) is 0.182. The van der Waals surface area contributed by atoms with Gasteiger partial charge < -0.3 is 10.8 Å². The fourth-order valence-electron chi connectivity index (χ4n) is 2.66. The van der Waals surface area contributed by atoms with Crippen molar-refractivity contribution in [2.45, 2.75) is 13.3 Å². The second kappa shape index (κ2) is 6.30. The Morgan fingerprint density at radius 2 is 1.96 bits per heavy atom. The number of carbonyl (C=O) groups excluding carboxylic acids is 1. The van der Waals surface area contributed by atoms with Crippen LogP contribution in [0.15, 0.2) is 36.4 Å². The van der Waals surface area contributed by atoms with Gasteiger partial charge in [-0.25, -0.2) is 4.98 Å². The van der Waals surface area contributed by atoms with E-state index >= 15 is 0 Å². The average Bonchev–Trinajstić information content (AvgIpc) is 2.51. The van der Waals surface area contributed by atoms with E-state index in [9.17, 15) is 9.90 Å². The molecule has 2 aromatic carbocycles. The number of halogens is 2. The molecule has 1 heterocycles. The van der Waals surface area contributed by atoms with Crippen LogP contribution >= 0.6 is 23.2 Å². The van der Waals surface area contributed by atoms with E-state index in [2.05, 4.69) is 4.98 Å². The highest BCUT2D eigenvalue weighted by Crippen LogP contribution is 2.40. The topological polar surface area (TPSA) is 76.2 Å². The number of nitrogens with two attached hydrogens (primary N) is 1. The normalized spacial score (nSPS) is 11.0. The molecule has 0 saturated carbocycles. The third kappa shape index (κ3) is 3.03. The van der Waals surface area contributed by atoms with Crippen LogP contribution in [0, 0.1) is 6.92 Å². The number of aromatic nitrogens is 1. The lowest BCUT2D eigenvalue weighted by Gasteiger charge is -2.11. The molecule has 0 fully saturated rings. The number of pyridine rings is 1. The van der Waals surface area contributed by atoms with Crippen molar-refractivity contribution in [1.29, 1.82) is 0 Å². The van der Waals surface area contributed by atoms with Gasteiger partial charge in [0.05, 0.1) is 27.7 Å². The van der Waals surface area contributed by atoms with Crippen molar-refractivity contribution in [3.05, 3.63) is 57.6 Å². The second-order valence-electron chi connectivity index (χ2n) is 5.57. The molecule has 3 rings (SSSR count). The smallest absolute Gasteiger partial charge is 0.221 e. The van der Waals surface area contributed by atoms with Gasteiger partial charge in [0.15, 0.2) is 0 Å². The number of amides is 1. The molecule has 0 spiro atoms. The molecule has 24 heavy (non-hydrogen) atoms. The Balaban J connectivity index is 2.19. The van der Waals surface area contributed by atoms with Crippen molar-refractivity contribution in [2.24, 2.45) is 5.73 Å². The van der Waals surface area contributed by atoms with Gasteiger partial charge >= 0.3 is 0 Å². The molecule has 0 aliphatic heterocycles. The molecule has 0 aliphatic rings. The lowest BCUT2D eigenvalue weighted by molar-refractivity contribution is -0.117. The highest BCUT2D eigenvalue weighted by molar-refractivity contribution is 6.40. The van der Waals surface area contributed by atoms with Gasteiger partial charge in [0.2, 0.25) is 5.91 Å². The van der Waals surface area contributed by atoms with Crippen LogP contribution in [0.3, 0.4) is 0 Å². The number of fused-ring (bicyclic) bond motifs is 1. The Bertz CT molecular complexity index is 971. The zero-order chi connectivity index (χ0) is 17.4. The van der Waals surface area contributed by atoms with Crippen LogP contribution in [0.25, 0.3) is 22.2 Å². The summed E-state index contributed by atoms with van der Waals surface area (Å²) in [5.41, 5.74) is 8.85. The summed E-state index contributed by atoms with van der Waals surface area (Å²) in [5.74, 6) is -0.428. The molecule has 0 atom stereocenters. The first kappa shape index (κ1) is 16.6. The molecule has 4 nitrogen and oxygen atoms in total. The number of primary amides is 1. The minimum atomic E-state index is -0.380. The van der Waals surface area contributed by atoms with Gasteiger partial charge in [-0.2, -0.15) is 0 Å². The number of aryl methyl sites for hydroxylation is 1. The summed E-state index contributed by atoms with van der Waals surface area (Å²) >= 11 is 12.4. The molecule has 1 amide bonds. The second-order valence-corrected chi connectivity index (χ2v) is 6.36. The van der Waals surface area contributed by atoms with Gasteiger partial charge in [0.25, 0.3) is 0 Å². The number of rotatable bonds is 3. The van der Waals surface area contributed by atoms with Crippen LogP contribution in [0.5, 0.6) is 5.75 Å². The largest absolute Gasteiger partial charge is 0.506 e. The maximum atomic E-state index is 11.1. The van der Waals surface area contributed by atoms with E-state index in [1.807, 2.05) is 31.2 Å². The van der Waals surface area contributed by atoms with Crippen LogP contribution in [0.4, 0.5) is 0 Å². The first-order valence-electron chi connectivity index (χ1n) is 7.22. The number of phenols is 1. The van der Waals surface area contributed by atoms with Gasteiger partial charge in [0.1, 0.15) is 5.75 Å². The average molecular weight is 361 g/mol. The van der Waals surface area contributed by atoms with Crippen LogP contribution in [-0.2, 0) is 11.2 Å². The maximum Gasteiger partial charge on any atom is 0.221 e. The SMILES string of the molecule is Cc1cc(-c2c(Cl)ccc(O)c2Cl)nc2ccc(CC(N)=O)cc12. The maximum absolute atomic E-state index is 11.1. The molecule has 0 radical (unpaired) electrons. The van der Waals surface area contributed by atoms with E-state index in [1.165, 1.54) is 6.07 Å². The lowest BCUT2D eigenvalue weighted by Crippen LogP contribution is -2.13. The van der Waals surface area contributed by atoms with Crippen molar-refractivity contribution in [1.82, 2.24) is 4.98 Å². The molecule has 122 valence electrons. The van der Waals surface area contributed by atoms with E-state index in [-0.39, 0.29) is 23.1 Å². The van der Waals surface area contributed by atoms with E-state index in [0.29, 0.717) is 16.3 Å². The minimum absolute atomic E-state index is 0.0487. The van der Waals surface area contributed by atoms with Gasteiger partial charge in [0, 0.05) is 10.9 Å². The van der Waals surface area contributed by atoms with Gasteiger partial charge in [-0.1, -0.05) is 29.3 Å². The molecule has 0 saturated heterocycles. The van der Waals surface area contributed by atoms with Gasteiger partial charge in [-0.3, -0.25) is 4.79 Å². The zero-order valence-corrected chi connectivity index (χ0v) is 14.3. The molecule has 0 aliphatic carbocycles. The molecule has 6 heteroatoms. The molecular weight excluding hydrogens is 347 g/mol. The van der Waals surface area contributed by atoms with Crippen molar-refractivity contribution >= 4 is 40.0 Å². The number of aromatic hydroxyl groups is 1. The predicted octanol–water partition coefficient (Wildman–Crippen LogP) is 4.25. The number of phenolic OH excluding ortho intramolecular Hbond substituents is 1. The van der Waals surface area contributed by atoms with Crippen molar-refractivity contribution in [2.75, 3.05) is 0 Å². The van der Waals surface area contributed by atoms with Gasteiger partial charge in [-0.05, 0) is 48.4 Å². The molecule has 0 bridgehead atoms. The van der Waals surface area contributed by atoms with Crippen LogP contribution in [-0.4, -0.2) is 16.0 Å². The highest BCUT2D eigenvalue weighted by atomic mass is 35.5. The quantitative estimate of drug-likeness (QED) is 0.732. The zero-order valence-electron chi connectivity index (χ0n) is 12.8. The van der Waals surface area contributed by atoms with Gasteiger partial charge in [-0.15, -0.1) is 0 Å². The molecule has 0 unspecified atom stereocenters. The van der Waals surface area contributed by atoms with E-state index in [4.69, 9.17) is 28.9 Å². The Morgan fingerprint density at radius 3 is 2.67 bits per heavy atom. The monoisotopic (exact) mass is 360 g/mol. The van der Waals surface area contributed by atoms with Crippen LogP contribution < -0.4 is 5.73 Å². The molecule has 3 aromatic rings. The number of hydrogen-bond acceptors (Lipinski definition) is 3. The summed E-state index contributed by atoms with van der Waals surface area (Å²) in [5, 5.41) is 11.3. The van der Waals surface area contributed by atoms with Crippen LogP contribution in [0.1, 0.15) is 11.1 Å². The number of benzene rings is 2. The summed E-state index contributed by atoms with van der Waals surface area (Å²) in [4.78, 5) is 15.7. The molecular formula is C18H14Cl2N2O2. The van der Waals surface area contributed by atoms with Crippen molar-refractivity contribution in [3.63, 3.8) is 0 Å². The predicted molar refractivity (Wildman–Crippen MR) is 96.5 cm³/mol. The first-order chi connectivity index (χ1) is 11.4. The number of nitrogens with zero attached hydrogens (tertiary/aromatic N) is 1. The van der Waals surface area contributed by atoms with Crippen molar-refractivity contribution in [3.8, 4) is 17.0 Å². The third-order valence-electron chi connectivity index (χ3n) is 3.79. The Labute approximate surface area is 148 Å². The number of carbonyl (C=O) groups is 1. The van der Waals surface area contributed by atoms with E-state index < -0.39 is 0 Å². The van der Waals surface area contributed by atoms with Crippen molar-refractivity contribution < 1.29 is 9.90 Å². The Kier molecular flexibility index (Phi) is 4.35. The third-order valence-corrected chi connectivity index (χ3v) is 4.48. The minimum Gasteiger partial charge on any atom is -0.506 e. The van der Waals surface area contributed by atoms with E-state index in [1.54, 1.807) is 6.07 Å². The molecule has 1 aromatic heterocycles. The highest BCUT2D eigenvalue weighted by Gasteiger charge is 2.15. The summed E-state index contributed by atoms with van der Waals surface area (Å²) in [7, 11) is 0. The lowest BCUT2D eigenvalue weighted by atomic mass is 10.0. The fourth-order valence-corrected chi connectivity index (χ4v) is 3.22. The summed E-state index contributed by atoms with van der Waals surface area (Å²) in [6, 6.07) is 10.4. The Hall–Kier alpha value is -2.30. The summed E-state index contributed by atoms with van der Waals surface area (Å²) in [6.45, 7) is 1.94.